The van der Waals surface area contributed by atoms with Gasteiger partial charge in [0.25, 0.3) is 5.89 Å². The zero-order chi connectivity index (χ0) is 21.3. The van der Waals surface area contributed by atoms with E-state index in [0.717, 1.165) is 17.7 Å². The first kappa shape index (κ1) is 19.8. The average Bonchev–Trinajstić information content (AvgIpc) is 3.29. The van der Waals surface area contributed by atoms with Gasteiger partial charge in [-0.05, 0) is 48.9 Å². The van der Waals surface area contributed by atoms with Crippen molar-refractivity contribution in [3.05, 3.63) is 59.1 Å². The molecule has 8 nitrogen and oxygen atoms in total. The molecule has 154 valence electrons. The lowest BCUT2D eigenvalue weighted by molar-refractivity contribution is -0.274. The molecule has 3 heterocycles. The van der Waals surface area contributed by atoms with Crippen molar-refractivity contribution in [1.82, 2.24) is 29.9 Å². The van der Waals surface area contributed by atoms with Crippen LogP contribution in [0, 0.1) is 6.92 Å². The van der Waals surface area contributed by atoms with Crippen LogP contribution in [0.5, 0.6) is 5.75 Å². The summed E-state index contributed by atoms with van der Waals surface area (Å²) in [6, 6.07) is 8.60. The third kappa shape index (κ3) is 4.57. The normalized spacial score (nSPS) is 11.6. The number of hydrogen-bond acceptors (Lipinski definition) is 7. The number of aryl methyl sites for hydroxylation is 1. The van der Waals surface area contributed by atoms with E-state index in [9.17, 15) is 13.2 Å². The molecule has 4 aromatic rings. The Kier molecular flexibility index (Phi) is 5.12. The fourth-order valence-electron chi connectivity index (χ4n) is 2.60. The van der Waals surface area contributed by atoms with Crippen LogP contribution in [-0.2, 0) is 6.54 Å². The SMILES string of the molecule is Cc1nc(-c2nnc(-c3ccc(OC(F)(F)F)cc3)o2)nn1Cc1ccnc(Cl)c1. The molecule has 1 aromatic carbocycles. The van der Waals surface area contributed by atoms with Gasteiger partial charge in [-0.25, -0.2) is 14.6 Å². The molecule has 0 fully saturated rings. The summed E-state index contributed by atoms with van der Waals surface area (Å²) in [5, 5.41) is 12.6. The van der Waals surface area contributed by atoms with Gasteiger partial charge in [-0.1, -0.05) is 11.6 Å². The lowest BCUT2D eigenvalue weighted by atomic mass is 10.2. The fourth-order valence-corrected chi connectivity index (χ4v) is 2.80. The highest BCUT2D eigenvalue weighted by molar-refractivity contribution is 6.29. The molecule has 0 radical (unpaired) electrons. The van der Waals surface area contributed by atoms with Gasteiger partial charge >= 0.3 is 6.36 Å². The van der Waals surface area contributed by atoms with E-state index in [-0.39, 0.29) is 23.4 Å². The fraction of sp³-hybridized carbons (Fsp3) is 0.167. The Balaban J connectivity index is 1.53. The van der Waals surface area contributed by atoms with Crippen molar-refractivity contribution in [2.45, 2.75) is 19.8 Å². The molecule has 3 aromatic heterocycles. The highest BCUT2D eigenvalue weighted by atomic mass is 35.5. The molecule has 0 saturated heterocycles. The predicted molar refractivity (Wildman–Crippen MR) is 98.5 cm³/mol. The maximum Gasteiger partial charge on any atom is 0.573 e. The summed E-state index contributed by atoms with van der Waals surface area (Å²) in [7, 11) is 0. The smallest absolute Gasteiger partial charge is 0.413 e. The molecule has 0 bridgehead atoms. The van der Waals surface area contributed by atoms with Crippen LogP contribution >= 0.6 is 11.6 Å². The molecule has 0 unspecified atom stereocenters. The van der Waals surface area contributed by atoms with Gasteiger partial charge in [0, 0.05) is 11.8 Å². The second-order valence-electron chi connectivity index (χ2n) is 6.11. The second-order valence-corrected chi connectivity index (χ2v) is 6.50. The Bertz CT molecular complexity index is 1170. The minimum atomic E-state index is -4.76. The number of pyridine rings is 1. The largest absolute Gasteiger partial charge is 0.573 e. The van der Waals surface area contributed by atoms with Crippen molar-refractivity contribution in [1.29, 1.82) is 0 Å². The number of ether oxygens (including phenoxy) is 1. The Morgan fingerprint density at radius 1 is 1.10 bits per heavy atom. The molecular formula is C18H12ClF3N6O2. The first-order valence-corrected chi connectivity index (χ1v) is 8.86. The maximum absolute atomic E-state index is 12.3. The van der Waals surface area contributed by atoms with Crippen molar-refractivity contribution in [3.8, 4) is 28.9 Å². The molecule has 0 aliphatic rings. The second kappa shape index (κ2) is 7.75. The minimum absolute atomic E-state index is 0.0789. The van der Waals surface area contributed by atoms with Gasteiger partial charge in [-0.3, -0.25) is 0 Å². The third-order valence-corrected chi connectivity index (χ3v) is 4.14. The number of benzene rings is 1. The van der Waals surface area contributed by atoms with Crippen molar-refractivity contribution >= 4 is 11.6 Å². The van der Waals surface area contributed by atoms with Gasteiger partial charge < -0.3 is 9.15 Å². The molecule has 12 heteroatoms. The Morgan fingerprint density at radius 2 is 1.83 bits per heavy atom. The molecule has 0 amide bonds. The van der Waals surface area contributed by atoms with Crippen LogP contribution in [0.25, 0.3) is 23.2 Å². The summed E-state index contributed by atoms with van der Waals surface area (Å²) < 4.78 is 47.8. The summed E-state index contributed by atoms with van der Waals surface area (Å²) in [4.78, 5) is 8.26. The monoisotopic (exact) mass is 436 g/mol. The van der Waals surface area contributed by atoms with Gasteiger partial charge in [0.2, 0.25) is 11.7 Å². The molecule has 0 saturated carbocycles. The van der Waals surface area contributed by atoms with Crippen molar-refractivity contribution in [3.63, 3.8) is 0 Å². The van der Waals surface area contributed by atoms with Gasteiger partial charge in [-0.2, -0.15) is 0 Å². The Morgan fingerprint density at radius 3 is 2.53 bits per heavy atom. The molecular weight excluding hydrogens is 425 g/mol. The first-order chi connectivity index (χ1) is 14.3. The van der Waals surface area contributed by atoms with Crippen molar-refractivity contribution < 1.29 is 22.3 Å². The molecule has 0 aliphatic heterocycles. The van der Waals surface area contributed by atoms with Gasteiger partial charge in [0.15, 0.2) is 0 Å². The summed E-state index contributed by atoms with van der Waals surface area (Å²) in [6.07, 6.45) is -3.16. The maximum atomic E-state index is 12.3. The Labute approximate surface area is 172 Å². The van der Waals surface area contributed by atoms with E-state index in [1.807, 2.05) is 6.07 Å². The molecule has 0 spiro atoms. The van der Waals surface area contributed by atoms with Crippen molar-refractivity contribution in [2.75, 3.05) is 0 Å². The number of rotatable bonds is 5. The minimum Gasteiger partial charge on any atom is -0.413 e. The third-order valence-electron chi connectivity index (χ3n) is 3.93. The summed E-state index contributed by atoms with van der Waals surface area (Å²) in [6.45, 7) is 2.19. The summed E-state index contributed by atoms with van der Waals surface area (Å²) in [5.41, 5.74) is 1.31. The van der Waals surface area contributed by atoms with Crippen LogP contribution in [0.15, 0.2) is 47.0 Å². The van der Waals surface area contributed by atoms with Crippen LogP contribution in [0.1, 0.15) is 11.4 Å². The number of aromatic nitrogens is 6. The van der Waals surface area contributed by atoms with Crippen LogP contribution < -0.4 is 4.74 Å². The summed E-state index contributed by atoms with van der Waals surface area (Å²) in [5.74, 6) is 0.682. The van der Waals surface area contributed by atoms with E-state index in [1.54, 1.807) is 23.9 Å². The van der Waals surface area contributed by atoms with Crippen LogP contribution in [0.2, 0.25) is 5.15 Å². The van der Waals surface area contributed by atoms with E-state index >= 15 is 0 Å². The number of alkyl halides is 3. The predicted octanol–water partition coefficient (Wildman–Crippen LogP) is 4.30. The quantitative estimate of drug-likeness (QED) is 0.431. The number of halogens is 4. The zero-order valence-electron chi connectivity index (χ0n) is 15.3. The average molecular weight is 437 g/mol. The lowest BCUT2D eigenvalue weighted by Gasteiger charge is -2.08. The van der Waals surface area contributed by atoms with E-state index in [4.69, 9.17) is 16.0 Å². The van der Waals surface area contributed by atoms with Gasteiger partial charge in [0.05, 0.1) is 6.54 Å². The van der Waals surface area contributed by atoms with Gasteiger partial charge in [0.1, 0.15) is 16.7 Å². The number of nitrogens with zero attached hydrogens (tertiary/aromatic N) is 6. The number of hydrogen-bond donors (Lipinski definition) is 0. The topological polar surface area (TPSA) is 91.8 Å². The van der Waals surface area contributed by atoms with E-state index in [0.29, 0.717) is 23.1 Å². The summed E-state index contributed by atoms with van der Waals surface area (Å²) >= 11 is 5.90. The highest BCUT2D eigenvalue weighted by Crippen LogP contribution is 2.27. The molecule has 0 aliphatic carbocycles. The highest BCUT2D eigenvalue weighted by Gasteiger charge is 2.31. The van der Waals surface area contributed by atoms with Crippen LogP contribution in [-0.4, -0.2) is 36.3 Å². The van der Waals surface area contributed by atoms with Gasteiger partial charge in [-0.15, -0.1) is 28.5 Å². The van der Waals surface area contributed by atoms with Crippen LogP contribution in [0.3, 0.4) is 0 Å². The zero-order valence-corrected chi connectivity index (χ0v) is 16.0. The van der Waals surface area contributed by atoms with E-state index in [1.165, 1.54) is 12.1 Å². The molecule has 30 heavy (non-hydrogen) atoms. The first-order valence-electron chi connectivity index (χ1n) is 8.49. The molecule has 0 N–H and O–H groups in total. The standard InChI is InChI=1S/C18H12ClF3N6O2/c1-10-24-15(27-28(10)9-11-6-7-23-14(19)8-11)17-26-25-16(29-17)12-2-4-13(5-3-12)30-18(20,21)22/h2-8H,9H2,1H3. The van der Waals surface area contributed by atoms with E-state index < -0.39 is 6.36 Å². The lowest BCUT2D eigenvalue weighted by Crippen LogP contribution is -2.16. The Hall–Kier alpha value is -3.47. The van der Waals surface area contributed by atoms with Crippen LogP contribution in [0.4, 0.5) is 13.2 Å². The van der Waals surface area contributed by atoms with E-state index in [2.05, 4.69) is 30.0 Å². The molecule has 0 atom stereocenters. The molecule has 4 rings (SSSR count). The van der Waals surface area contributed by atoms with Crippen molar-refractivity contribution in [2.24, 2.45) is 0 Å².